The molecule has 0 unspecified atom stereocenters. The van der Waals surface area contributed by atoms with Crippen LogP contribution in [-0.2, 0) is 10.6 Å². The van der Waals surface area contributed by atoms with Crippen LogP contribution in [0.1, 0.15) is 38.3 Å². The van der Waals surface area contributed by atoms with Gasteiger partial charge in [0.1, 0.15) is 5.60 Å². The molecular weight excluding hydrogens is 309 g/mol. The Morgan fingerprint density at radius 1 is 1.38 bits per heavy atom. The van der Waals surface area contributed by atoms with Crippen molar-refractivity contribution in [3.8, 4) is 0 Å². The molecule has 1 aromatic carbocycles. The second-order valence-electron chi connectivity index (χ2n) is 5.60. The van der Waals surface area contributed by atoms with Crippen LogP contribution in [-0.4, -0.2) is 18.2 Å². The van der Waals surface area contributed by atoms with Crippen molar-refractivity contribution in [3.05, 3.63) is 40.4 Å². The van der Waals surface area contributed by atoms with E-state index in [2.05, 4.69) is 5.32 Å². The van der Waals surface area contributed by atoms with Crippen molar-refractivity contribution in [1.82, 2.24) is 5.32 Å². The van der Waals surface area contributed by atoms with Gasteiger partial charge in [0.15, 0.2) is 0 Å². The summed E-state index contributed by atoms with van der Waals surface area (Å²) in [5, 5.41) is 3.38. The van der Waals surface area contributed by atoms with Crippen molar-refractivity contribution in [2.24, 2.45) is 0 Å². The Bertz CT molecular complexity index is 507. The maximum atomic E-state index is 11.4. The standard InChI is InChI=1S/C16H21Cl2NO2/c1-16(2,3)21-15(20)19-9-5-4-6-12-7-8-14(18)13(10-12)11-17/h4,6-8,10H,5,9,11H2,1-3H3,(H,19,20). The minimum Gasteiger partial charge on any atom is -0.444 e. The lowest BCUT2D eigenvalue weighted by atomic mass is 10.1. The molecule has 0 aliphatic rings. The van der Waals surface area contributed by atoms with Crippen LogP contribution in [0.15, 0.2) is 24.3 Å². The first-order valence-electron chi connectivity index (χ1n) is 6.79. The van der Waals surface area contributed by atoms with E-state index >= 15 is 0 Å². The number of carbonyl (C=O) groups excluding carboxylic acids is 1. The monoisotopic (exact) mass is 329 g/mol. The van der Waals surface area contributed by atoms with Gasteiger partial charge in [0.05, 0.1) is 0 Å². The summed E-state index contributed by atoms with van der Waals surface area (Å²) in [5.74, 6) is 0.390. The van der Waals surface area contributed by atoms with Crippen molar-refractivity contribution < 1.29 is 9.53 Å². The molecule has 0 aliphatic carbocycles. The Labute approximate surface area is 136 Å². The van der Waals surface area contributed by atoms with E-state index in [1.807, 2.05) is 51.1 Å². The first kappa shape index (κ1) is 17.9. The smallest absolute Gasteiger partial charge is 0.407 e. The largest absolute Gasteiger partial charge is 0.444 e. The highest BCUT2D eigenvalue weighted by atomic mass is 35.5. The van der Waals surface area contributed by atoms with Gasteiger partial charge in [-0.25, -0.2) is 4.79 Å². The summed E-state index contributed by atoms with van der Waals surface area (Å²) in [5.41, 5.74) is 1.47. The Kier molecular flexibility index (Phi) is 7.06. The van der Waals surface area contributed by atoms with E-state index in [9.17, 15) is 4.79 Å². The SMILES string of the molecule is CC(C)(C)OC(=O)NCCC=Cc1ccc(Cl)c(CCl)c1. The summed E-state index contributed by atoms with van der Waals surface area (Å²) in [4.78, 5) is 11.4. The fourth-order valence-corrected chi connectivity index (χ4v) is 2.07. The Hall–Kier alpha value is -1.19. The number of hydrogen-bond acceptors (Lipinski definition) is 2. The number of alkyl halides is 1. The van der Waals surface area contributed by atoms with Gasteiger partial charge in [-0.3, -0.25) is 0 Å². The maximum Gasteiger partial charge on any atom is 0.407 e. The molecular formula is C16H21Cl2NO2. The normalized spacial score (nSPS) is 11.7. The van der Waals surface area contributed by atoms with Crippen LogP contribution >= 0.6 is 23.2 Å². The minimum absolute atomic E-state index is 0.390. The molecule has 116 valence electrons. The number of halogens is 2. The zero-order valence-corrected chi connectivity index (χ0v) is 14.1. The minimum atomic E-state index is -0.471. The molecule has 0 bridgehead atoms. The first-order chi connectivity index (χ1) is 9.81. The van der Waals surface area contributed by atoms with E-state index in [1.54, 1.807) is 0 Å². The van der Waals surface area contributed by atoms with E-state index in [0.717, 1.165) is 17.5 Å². The van der Waals surface area contributed by atoms with E-state index in [4.69, 9.17) is 27.9 Å². The van der Waals surface area contributed by atoms with Crippen LogP contribution in [0.4, 0.5) is 4.79 Å². The highest BCUT2D eigenvalue weighted by molar-refractivity contribution is 6.32. The first-order valence-corrected chi connectivity index (χ1v) is 7.71. The Morgan fingerprint density at radius 2 is 2.10 bits per heavy atom. The third-order valence-electron chi connectivity index (χ3n) is 2.50. The number of benzene rings is 1. The Balaban J connectivity index is 2.37. The van der Waals surface area contributed by atoms with Gasteiger partial charge in [0, 0.05) is 17.4 Å². The molecule has 0 aromatic heterocycles. The van der Waals surface area contributed by atoms with Crippen molar-refractivity contribution in [1.29, 1.82) is 0 Å². The van der Waals surface area contributed by atoms with Crippen molar-refractivity contribution in [2.45, 2.75) is 38.7 Å². The average molecular weight is 330 g/mol. The third-order valence-corrected chi connectivity index (χ3v) is 3.16. The van der Waals surface area contributed by atoms with Crippen LogP contribution in [0.2, 0.25) is 5.02 Å². The molecule has 0 radical (unpaired) electrons. The summed E-state index contributed by atoms with van der Waals surface area (Å²) in [6, 6.07) is 5.71. The zero-order valence-electron chi connectivity index (χ0n) is 12.6. The third kappa shape index (κ3) is 7.39. The quantitative estimate of drug-likeness (QED) is 0.609. The molecule has 5 heteroatoms. The fraction of sp³-hybridized carbons (Fsp3) is 0.438. The van der Waals surface area contributed by atoms with Crippen LogP contribution in [0, 0.1) is 0 Å². The highest BCUT2D eigenvalue weighted by Gasteiger charge is 2.15. The van der Waals surface area contributed by atoms with Crippen molar-refractivity contribution >= 4 is 35.4 Å². The van der Waals surface area contributed by atoms with Gasteiger partial charge in [0.2, 0.25) is 0 Å². The van der Waals surface area contributed by atoms with Gasteiger partial charge < -0.3 is 10.1 Å². The van der Waals surface area contributed by atoms with Gasteiger partial charge >= 0.3 is 6.09 Å². The van der Waals surface area contributed by atoms with E-state index < -0.39 is 11.7 Å². The summed E-state index contributed by atoms with van der Waals surface area (Å²) in [6.45, 7) is 6.03. The van der Waals surface area contributed by atoms with Gasteiger partial charge in [-0.1, -0.05) is 29.8 Å². The maximum absolute atomic E-state index is 11.4. The topological polar surface area (TPSA) is 38.3 Å². The summed E-state index contributed by atoms with van der Waals surface area (Å²) in [6.07, 6.45) is 4.28. The lowest BCUT2D eigenvalue weighted by molar-refractivity contribution is 0.0529. The van der Waals surface area contributed by atoms with Crippen molar-refractivity contribution in [2.75, 3.05) is 6.54 Å². The predicted octanol–water partition coefficient (Wildman–Crippen LogP) is 5.01. The molecule has 0 heterocycles. The molecule has 0 atom stereocenters. The van der Waals surface area contributed by atoms with Gasteiger partial charge in [-0.15, -0.1) is 11.6 Å². The second-order valence-corrected chi connectivity index (χ2v) is 6.28. The summed E-state index contributed by atoms with van der Waals surface area (Å²) in [7, 11) is 0. The van der Waals surface area contributed by atoms with Crippen LogP contribution < -0.4 is 5.32 Å². The molecule has 1 N–H and O–H groups in total. The number of alkyl carbamates (subject to hydrolysis) is 1. The number of rotatable bonds is 5. The van der Waals surface area contributed by atoms with E-state index in [0.29, 0.717) is 17.4 Å². The number of nitrogens with one attached hydrogen (secondary N) is 1. The molecule has 0 fully saturated rings. The molecule has 0 saturated carbocycles. The molecule has 0 spiro atoms. The number of carbonyl (C=O) groups is 1. The average Bonchev–Trinajstić information content (AvgIpc) is 2.38. The van der Waals surface area contributed by atoms with Gasteiger partial charge in [-0.05, 0) is 50.5 Å². The Morgan fingerprint density at radius 3 is 2.71 bits per heavy atom. The van der Waals surface area contributed by atoms with Gasteiger partial charge in [-0.2, -0.15) is 0 Å². The molecule has 1 rings (SSSR count). The van der Waals surface area contributed by atoms with Crippen LogP contribution in [0.5, 0.6) is 0 Å². The fourth-order valence-electron chi connectivity index (χ4n) is 1.59. The number of hydrogen-bond donors (Lipinski definition) is 1. The summed E-state index contributed by atoms with van der Waals surface area (Å²) < 4.78 is 5.14. The zero-order chi connectivity index (χ0) is 15.9. The van der Waals surface area contributed by atoms with Crippen LogP contribution in [0.3, 0.4) is 0 Å². The lowest BCUT2D eigenvalue weighted by Gasteiger charge is -2.19. The second kappa shape index (κ2) is 8.30. The van der Waals surface area contributed by atoms with Crippen molar-refractivity contribution in [3.63, 3.8) is 0 Å². The highest BCUT2D eigenvalue weighted by Crippen LogP contribution is 2.20. The van der Waals surface area contributed by atoms with Gasteiger partial charge in [0.25, 0.3) is 0 Å². The number of amides is 1. The summed E-state index contributed by atoms with van der Waals surface area (Å²) >= 11 is 11.8. The lowest BCUT2D eigenvalue weighted by Crippen LogP contribution is -2.32. The molecule has 1 aromatic rings. The molecule has 21 heavy (non-hydrogen) atoms. The van der Waals surface area contributed by atoms with E-state index in [1.165, 1.54) is 0 Å². The predicted molar refractivity (Wildman–Crippen MR) is 88.9 cm³/mol. The molecule has 3 nitrogen and oxygen atoms in total. The molecule has 0 saturated heterocycles. The van der Waals surface area contributed by atoms with Crippen LogP contribution in [0.25, 0.3) is 6.08 Å². The molecule has 1 amide bonds. The number of ether oxygens (including phenoxy) is 1. The molecule has 0 aliphatic heterocycles. The van der Waals surface area contributed by atoms with E-state index in [-0.39, 0.29) is 0 Å².